The Labute approximate surface area is 290 Å². The van der Waals surface area contributed by atoms with Gasteiger partial charge in [-0.1, -0.05) is 53.2 Å². The summed E-state index contributed by atoms with van der Waals surface area (Å²) in [6.45, 7) is 14.0. The molecular weight excluding hydrogens is 632 g/mol. The van der Waals surface area contributed by atoms with Crippen molar-refractivity contribution in [3.8, 4) is 0 Å². The number of hydrogen-bond donors (Lipinski definition) is 6. The van der Waals surface area contributed by atoms with Crippen molar-refractivity contribution in [1.29, 1.82) is 0 Å². The lowest BCUT2D eigenvalue weighted by Gasteiger charge is -2.71. The highest BCUT2D eigenvalue weighted by Crippen LogP contribution is 2.76. The Bertz CT molecular complexity index is 1350. The van der Waals surface area contributed by atoms with Gasteiger partial charge in [-0.3, -0.25) is 9.59 Å². The first kappa shape index (κ1) is 37.2. The fourth-order valence-electron chi connectivity index (χ4n) is 12.5. The first-order chi connectivity index (χ1) is 22.7. The topological polar surface area (TPSA) is 183 Å². The third-order valence-corrected chi connectivity index (χ3v) is 15.5. The Kier molecular flexibility index (Phi) is 9.28. The zero-order valence-corrected chi connectivity index (χ0v) is 30.4. The predicted molar refractivity (Wildman–Crippen MR) is 178 cm³/mol. The molecule has 0 spiro atoms. The molecule has 6 rings (SSSR count). The number of aliphatic hydroxyl groups excluding tert-OH is 5. The van der Waals surface area contributed by atoms with Crippen molar-refractivity contribution >= 4 is 11.9 Å². The summed E-state index contributed by atoms with van der Waals surface area (Å²) in [6.07, 6.45) is -0.312. The summed E-state index contributed by atoms with van der Waals surface area (Å²) >= 11 is 0. The molecule has 0 amide bonds. The Balaban J connectivity index is 1.31. The smallest absolute Gasteiger partial charge is 0.310 e. The number of carbonyl (C=O) groups is 2. The van der Waals surface area contributed by atoms with E-state index in [2.05, 4.69) is 40.7 Å². The largest absolute Gasteiger partial charge is 0.481 e. The van der Waals surface area contributed by atoms with Gasteiger partial charge >= 0.3 is 11.9 Å². The van der Waals surface area contributed by atoms with Crippen LogP contribution >= 0.6 is 0 Å². The monoisotopic (exact) mass is 692 g/mol. The number of carbonyl (C=O) groups excluding carboxylic acids is 1. The van der Waals surface area contributed by atoms with E-state index in [4.69, 9.17) is 14.2 Å². The van der Waals surface area contributed by atoms with E-state index in [0.717, 1.165) is 38.5 Å². The van der Waals surface area contributed by atoms with Gasteiger partial charge in [-0.15, -0.1) is 0 Å². The molecular formula is C38H60O11. The summed E-state index contributed by atoms with van der Waals surface area (Å²) in [4.78, 5) is 24.4. The van der Waals surface area contributed by atoms with Gasteiger partial charge in [-0.05, 0) is 97.2 Å². The van der Waals surface area contributed by atoms with Gasteiger partial charge in [-0.25, -0.2) is 0 Å². The fraction of sp³-hybridized carbons (Fsp3) is 0.895. The Morgan fingerprint density at radius 1 is 0.898 bits per heavy atom. The average Bonchev–Trinajstić information content (AvgIpc) is 3.02. The summed E-state index contributed by atoms with van der Waals surface area (Å²) in [5.41, 5.74) is -1.05. The van der Waals surface area contributed by atoms with Gasteiger partial charge in [0, 0.05) is 12.3 Å². The number of esters is 1. The SMILES string of the molecule is CC(=O)OCC1OC(OC2C(O)CC3(C)C(CCC4(C)C3CC=C3C5CC(C)(C)CCC5(C(=O)O)CCC34C)C2(C)CO)C(O)C(O)C1O. The summed E-state index contributed by atoms with van der Waals surface area (Å²) in [7, 11) is 0. The molecule has 4 saturated carbocycles. The number of carboxylic acids is 1. The lowest BCUT2D eigenvalue weighted by atomic mass is 9.33. The molecule has 1 heterocycles. The second-order valence-electron chi connectivity index (χ2n) is 18.5. The first-order valence-electron chi connectivity index (χ1n) is 18.4. The molecule has 1 saturated heterocycles. The molecule has 6 N–H and O–H groups in total. The Hall–Kier alpha value is -1.60. The minimum Gasteiger partial charge on any atom is -0.481 e. The van der Waals surface area contributed by atoms with Gasteiger partial charge in [0.2, 0.25) is 0 Å². The number of rotatable bonds is 6. The van der Waals surface area contributed by atoms with E-state index in [0.29, 0.717) is 19.3 Å². The maximum absolute atomic E-state index is 13.0. The number of ether oxygens (including phenoxy) is 3. The molecule has 1 aliphatic heterocycles. The maximum atomic E-state index is 13.0. The molecule has 5 fully saturated rings. The van der Waals surface area contributed by atoms with Crippen molar-refractivity contribution in [3.63, 3.8) is 0 Å². The van der Waals surface area contributed by atoms with Crippen LogP contribution in [-0.2, 0) is 23.8 Å². The summed E-state index contributed by atoms with van der Waals surface area (Å²) in [5.74, 6) is -1.17. The van der Waals surface area contributed by atoms with Crippen LogP contribution in [0.15, 0.2) is 11.6 Å². The number of aliphatic hydroxyl groups is 5. The number of aliphatic carboxylic acids is 1. The van der Waals surface area contributed by atoms with Crippen molar-refractivity contribution in [1.82, 2.24) is 0 Å². The fourth-order valence-corrected chi connectivity index (χ4v) is 12.5. The maximum Gasteiger partial charge on any atom is 0.310 e. The highest BCUT2D eigenvalue weighted by molar-refractivity contribution is 5.76. The van der Waals surface area contributed by atoms with Crippen molar-refractivity contribution in [2.24, 2.45) is 50.2 Å². The van der Waals surface area contributed by atoms with Crippen molar-refractivity contribution in [3.05, 3.63) is 11.6 Å². The molecule has 15 atom stereocenters. The normalized spacial score (nSPS) is 52.0. The molecule has 0 aromatic carbocycles. The van der Waals surface area contributed by atoms with Crippen molar-refractivity contribution in [2.75, 3.05) is 13.2 Å². The summed E-state index contributed by atoms with van der Waals surface area (Å²) in [6, 6.07) is 0. The molecule has 49 heavy (non-hydrogen) atoms. The predicted octanol–water partition coefficient (Wildman–Crippen LogP) is 3.57. The van der Waals surface area contributed by atoms with Crippen LogP contribution in [0.3, 0.4) is 0 Å². The van der Waals surface area contributed by atoms with Crippen LogP contribution in [0.25, 0.3) is 0 Å². The number of allylic oxidation sites excluding steroid dienone is 2. The Morgan fingerprint density at radius 3 is 2.20 bits per heavy atom. The lowest BCUT2D eigenvalue weighted by Crippen LogP contribution is -2.69. The van der Waals surface area contributed by atoms with Gasteiger partial charge < -0.3 is 44.8 Å². The number of fused-ring (bicyclic) bond motifs is 7. The second kappa shape index (κ2) is 12.2. The third-order valence-electron chi connectivity index (χ3n) is 15.5. The van der Waals surface area contributed by atoms with Crippen LogP contribution in [0, 0.1) is 50.2 Å². The van der Waals surface area contributed by atoms with Gasteiger partial charge in [0.15, 0.2) is 6.29 Å². The summed E-state index contributed by atoms with van der Waals surface area (Å²) < 4.78 is 17.2. The minimum absolute atomic E-state index is 0.00583. The summed E-state index contributed by atoms with van der Waals surface area (Å²) in [5, 5.41) is 65.8. The minimum atomic E-state index is -1.64. The molecule has 278 valence electrons. The zero-order chi connectivity index (χ0) is 36.1. The molecule has 11 nitrogen and oxygen atoms in total. The molecule has 11 heteroatoms. The van der Waals surface area contributed by atoms with Crippen LogP contribution in [0.4, 0.5) is 0 Å². The van der Waals surface area contributed by atoms with Crippen LogP contribution in [0.1, 0.15) is 106 Å². The van der Waals surface area contributed by atoms with Crippen LogP contribution in [0.5, 0.6) is 0 Å². The van der Waals surface area contributed by atoms with Crippen LogP contribution < -0.4 is 0 Å². The van der Waals surface area contributed by atoms with E-state index in [1.807, 2.05) is 6.92 Å². The van der Waals surface area contributed by atoms with E-state index in [1.54, 1.807) is 0 Å². The highest BCUT2D eigenvalue weighted by Gasteiger charge is 2.71. The zero-order valence-electron chi connectivity index (χ0n) is 30.4. The van der Waals surface area contributed by atoms with E-state index in [-0.39, 0.29) is 47.2 Å². The van der Waals surface area contributed by atoms with E-state index in [1.165, 1.54) is 12.5 Å². The highest BCUT2D eigenvalue weighted by atomic mass is 16.7. The van der Waals surface area contributed by atoms with Gasteiger partial charge in [-0.2, -0.15) is 0 Å². The van der Waals surface area contributed by atoms with Gasteiger partial charge in [0.25, 0.3) is 0 Å². The lowest BCUT2D eigenvalue weighted by molar-refractivity contribution is -0.345. The van der Waals surface area contributed by atoms with Crippen molar-refractivity contribution < 1.29 is 54.4 Å². The quantitative estimate of drug-likeness (QED) is 0.136. The molecule has 0 bridgehead atoms. The molecule has 0 aromatic rings. The second-order valence-corrected chi connectivity index (χ2v) is 18.5. The molecule has 6 aliphatic rings. The molecule has 0 radical (unpaired) electrons. The molecule has 5 aliphatic carbocycles. The van der Waals surface area contributed by atoms with Crippen LogP contribution in [0.2, 0.25) is 0 Å². The van der Waals surface area contributed by atoms with Gasteiger partial charge in [0.1, 0.15) is 31.0 Å². The van der Waals surface area contributed by atoms with E-state index < -0.39 is 71.1 Å². The van der Waals surface area contributed by atoms with Gasteiger partial charge in [0.05, 0.1) is 24.2 Å². The first-order valence-corrected chi connectivity index (χ1v) is 18.4. The van der Waals surface area contributed by atoms with Crippen LogP contribution in [-0.4, -0.2) is 98.7 Å². The average molecular weight is 693 g/mol. The molecule has 0 aromatic heterocycles. The standard InChI is InChI=1S/C38H60O11/c1-20(40)47-18-24-27(42)28(43)29(44)31(48-24)49-30-23(41)17-34(4)25(35(30,5)19-39)10-11-37(7)26(34)9-8-21-22-16-33(2,3)12-14-38(22,32(45)46)15-13-36(21,37)6/h8,22-31,39,41-44H,9-19H2,1-7H3,(H,45,46). The van der Waals surface area contributed by atoms with E-state index in [9.17, 15) is 40.2 Å². The third kappa shape index (κ3) is 5.38. The number of hydrogen-bond acceptors (Lipinski definition) is 10. The number of carboxylic acid groups (broad SMARTS) is 1. The van der Waals surface area contributed by atoms with E-state index >= 15 is 0 Å². The van der Waals surface area contributed by atoms with Crippen molar-refractivity contribution in [2.45, 2.75) is 149 Å². The molecule has 15 unspecified atom stereocenters. The Morgan fingerprint density at radius 2 is 1.57 bits per heavy atom.